The van der Waals surface area contributed by atoms with Gasteiger partial charge in [0.15, 0.2) is 0 Å². The molecule has 3 heteroatoms. The molecule has 1 aliphatic heterocycles. The third-order valence-electron chi connectivity index (χ3n) is 4.06. The second kappa shape index (κ2) is 5.67. The van der Waals surface area contributed by atoms with Crippen LogP contribution in [0, 0.1) is 5.92 Å². The van der Waals surface area contributed by atoms with E-state index in [9.17, 15) is 4.79 Å². The van der Waals surface area contributed by atoms with E-state index in [0.29, 0.717) is 18.6 Å². The molecule has 2 rings (SSSR count). The first-order chi connectivity index (χ1) is 7.81. The fraction of sp³-hybridized carbons (Fsp3) is 0.923. The molecule has 0 aromatic rings. The van der Waals surface area contributed by atoms with E-state index in [2.05, 4.69) is 12.2 Å². The smallest absolute Gasteiger partial charge is 0.237 e. The van der Waals surface area contributed by atoms with E-state index in [4.69, 9.17) is 0 Å². The minimum absolute atomic E-state index is 0.290. The Morgan fingerprint density at radius 2 is 2.12 bits per heavy atom. The van der Waals surface area contributed by atoms with Crippen molar-refractivity contribution in [2.75, 3.05) is 13.1 Å². The van der Waals surface area contributed by atoms with Crippen LogP contribution in [0.3, 0.4) is 0 Å². The summed E-state index contributed by atoms with van der Waals surface area (Å²) in [5.74, 6) is 1.24. The number of rotatable bonds is 5. The maximum Gasteiger partial charge on any atom is 0.237 e. The van der Waals surface area contributed by atoms with Crippen molar-refractivity contribution in [2.45, 2.75) is 58.0 Å². The van der Waals surface area contributed by atoms with Gasteiger partial charge < -0.3 is 4.90 Å². The average Bonchev–Trinajstić information content (AvgIpc) is 2.90. The van der Waals surface area contributed by atoms with Crippen LogP contribution in [0.2, 0.25) is 0 Å². The summed E-state index contributed by atoms with van der Waals surface area (Å²) in [6, 6.07) is 0. The van der Waals surface area contributed by atoms with Crippen molar-refractivity contribution in [3.05, 3.63) is 0 Å². The molecule has 2 fully saturated rings. The van der Waals surface area contributed by atoms with Crippen molar-refractivity contribution >= 4 is 5.91 Å². The van der Waals surface area contributed by atoms with Gasteiger partial charge in [-0.05, 0) is 25.2 Å². The number of carbonyl (C=O) groups is 1. The van der Waals surface area contributed by atoms with E-state index in [0.717, 1.165) is 18.9 Å². The monoisotopic (exact) mass is 224 g/mol. The zero-order valence-electron chi connectivity index (χ0n) is 10.4. The fourth-order valence-electron chi connectivity index (χ4n) is 3.09. The second-order valence-corrected chi connectivity index (χ2v) is 5.18. The first-order valence-electron chi connectivity index (χ1n) is 6.84. The Bertz CT molecular complexity index is 236. The second-order valence-electron chi connectivity index (χ2n) is 5.18. The van der Waals surface area contributed by atoms with E-state index >= 15 is 0 Å². The highest BCUT2D eigenvalue weighted by Gasteiger charge is 2.28. The van der Waals surface area contributed by atoms with Crippen molar-refractivity contribution in [1.29, 1.82) is 0 Å². The number of hydrogen-bond donors (Lipinski definition) is 1. The van der Waals surface area contributed by atoms with Crippen LogP contribution in [0.4, 0.5) is 0 Å². The highest BCUT2D eigenvalue weighted by Crippen LogP contribution is 2.28. The Hall–Kier alpha value is -0.570. The summed E-state index contributed by atoms with van der Waals surface area (Å²) in [7, 11) is 0. The fourth-order valence-corrected chi connectivity index (χ4v) is 3.09. The Kier molecular flexibility index (Phi) is 4.22. The standard InChI is InChI=1S/C13H24N2O/c1-2-12-14-10-13(16)15(12)9-5-8-11-6-3-4-7-11/h11-12,14H,2-10H2,1H3. The summed E-state index contributed by atoms with van der Waals surface area (Å²) in [6.45, 7) is 3.64. The van der Waals surface area contributed by atoms with Gasteiger partial charge in [0, 0.05) is 6.54 Å². The SMILES string of the molecule is CCC1NCC(=O)N1CCCC1CCCC1. The minimum atomic E-state index is 0.290. The summed E-state index contributed by atoms with van der Waals surface area (Å²) in [6.07, 6.45) is 9.52. The van der Waals surface area contributed by atoms with Gasteiger partial charge in [0.25, 0.3) is 0 Å². The van der Waals surface area contributed by atoms with Crippen molar-refractivity contribution in [3.63, 3.8) is 0 Å². The predicted molar refractivity (Wildman–Crippen MR) is 65.0 cm³/mol. The molecule has 1 N–H and O–H groups in total. The van der Waals surface area contributed by atoms with Gasteiger partial charge in [-0.15, -0.1) is 0 Å². The molecule has 2 aliphatic rings. The first-order valence-corrected chi connectivity index (χ1v) is 6.84. The Morgan fingerprint density at radius 1 is 1.38 bits per heavy atom. The summed E-state index contributed by atoms with van der Waals surface area (Å²) in [4.78, 5) is 13.7. The maximum atomic E-state index is 11.6. The van der Waals surface area contributed by atoms with Crippen molar-refractivity contribution < 1.29 is 4.79 Å². The number of nitrogens with one attached hydrogen (secondary N) is 1. The largest absolute Gasteiger partial charge is 0.326 e. The molecule has 92 valence electrons. The normalized spacial score (nSPS) is 26.9. The van der Waals surface area contributed by atoms with Crippen LogP contribution in [0.15, 0.2) is 0 Å². The number of nitrogens with zero attached hydrogens (tertiary/aromatic N) is 1. The summed E-state index contributed by atoms with van der Waals surface area (Å²) in [5.41, 5.74) is 0. The van der Waals surface area contributed by atoms with E-state index < -0.39 is 0 Å². The molecular formula is C13H24N2O. The van der Waals surface area contributed by atoms with Gasteiger partial charge in [-0.1, -0.05) is 32.6 Å². The van der Waals surface area contributed by atoms with Crippen molar-refractivity contribution in [2.24, 2.45) is 5.92 Å². The van der Waals surface area contributed by atoms with Gasteiger partial charge in [0.2, 0.25) is 5.91 Å². The van der Waals surface area contributed by atoms with Crippen LogP contribution >= 0.6 is 0 Å². The molecule has 1 aliphatic carbocycles. The zero-order chi connectivity index (χ0) is 11.4. The highest BCUT2D eigenvalue weighted by molar-refractivity contribution is 5.80. The van der Waals surface area contributed by atoms with E-state index in [-0.39, 0.29) is 0 Å². The molecule has 0 spiro atoms. The lowest BCUT2D eigenvalue weighted by atomic mass is 10.0. The third kappa shape index (κ3) is 2.76. The van der Waals surface area contributed by atoms with E-state index in [1.165, 1.54) is 38.5 Å². The van der Waals surface area contributed by atoms with Gasteiger partial charge in [-0.3, -0.25) is 10.1 Å². The van der Waals surface area contributed by atoms with Crippen LogP contribution in [0.1, 0.15) is 51.9 Å². The van der Waals surface area contributed by atoms with E-state index in [1.807, 2.05) is 4.90 Å². The molecule has 0 aromatic carbocycles. The summed E-state index contributed by atoms with van der Waals surface area (Å²) >= 11 is 0. The lowest BCUT2D eigenvalue weighted by Gasteiger charge is -2.23. The Balaban J connectivity index is 1.69. The summed E-state index contributed by atoms with van der Waals surface area (Å²) in [5, 5.41) is 3.26. The number of hydrogen-bond acceptors (Lipinski definition) is 2. The predicted octanol–water partition coefficient (Wildman–Crippen LogP) is 2.12. The molecule has 16 heavy (non-hydrogen) atoms. The molecule has 1 saturated carbocycles. The van der Waals surface area contributed by atoms with Crippen LogP contribution < -0.4 is 5.32 Å². The van der Waals surface area contributed by atoms with Gasteiger partial charge in [0.05, 0.1) is 12.7 Å². The Labute approximate surface area is 98.6 Å². The van der Waals surface area contributed by atoms with E-state index in [1.54, 1.807) is 0 Å². The first kappa shape index (κ1) is 11.9. The van der Waals surface area contributed by atoms with Crippen LogP contribution in [0.25, 0.3) is 0 Å². The maximum absolute atomic E-state index is 11.6. The number of carbonyl (C=O) groups excluding carboxylic acids is 1. The molecule has 0 radical (unpaired) electrons. The van der Waals surface area contributed by atoms with Crippen molar-refractivity contribution in [1.82, 2.24) is 10.2 Å². The van der Waals surface area contributed by atoms with Gasteiger partial charge in [-0.2, -0.15) is 0 Å². The van der Waals surface area contributed by atoms with Crippen LogP contribution in [-0.4, -0.2) is 30.1 Å². The topological polar surface area (TPSA) is 32.3 Å². The average molecular weight is 224 g/mol. The molecule has 1 atom stereocenters. The molecule has 3 nitrogen and oxygen atoms in total. The molecule has 0 aromatic heterocycles. The third-order valence-corrected chi connectivity index (χ3v) is 4.06. The zero-order valence-corrected chi connectivity index (χ0v) is 10.4. The lowest BCUT2D eigenvalue weighted by molar-refractivity contribution is -0.128. The quantitative estimate of drug-likeness (QED) is 0.776. The van der Waals surface area contributed by atoms with Gasteiger partial charge in [-0.25, -0.2) is 0 Å². The van der Waals surface area contributed by atoms with Gasteiger partial charge >= 0.3 is 0 Å². The number of amides is 1. The molecule has 1 amide bonds. The summed E-state index contributed by atoms with van der Waals surface area (Å²) < 4.78 is 0. The molecular weight excluding hydrogens is 200 g/mol. The van der Waals surface area contributed by atoms with Crippen molar-refractivity contribution in [3.8, 4) is 0 Å². The molecule has 0 bridgehead atoms. The van der Waals surface area contributed by atoms with Crippen LogP contribution in [-0.2, 0) is 4.79 Å². The minimum Gasteiger partial charge on any atom is -0.326 e. The van der Waals surface area contributed by atoms with Crippen LogP contribution in [0.5, 0.6) is 0 Å². The molecule has 1 saturated heterocycles. The molecule has 1 heterocycles. The highest BCUT2D eigenvalue weighted by atomic mass is 16.2. The Morgan fingerprint density at radius 3 is 2.81 bits per heavy atom. The van der Waals surface area contributed by atoms with Gasteiger partial charge in [0.1, 0.15) is 0 Å². The lowest BCUT2D eigenvalue weighted by Crippen LogP contribution is -2.37. The molecule has 1 unspecified atom stereocenters.